The van der Waals surface area contributed by atoms with Crippen molar-refractivity contribution in [3.8, 4) is 11.4 Å². The first-order valence-electron chi connectivity index (χ1n) is 9.29. The maximum atomic E-state index is 12.5. The molecule has 0 atom stereocenters. The first-order valence-corrected chi connectivity index (χ1v) is 10.5. The number of halogens is 1. The van der Waals surface area contributed by atoms with Crippen molar-refractivity contribution in [3.05, 3.63) is 74.3 Å². The van der Waals surface area contributed by atoms with Gasteiger partial charge < -0.3 is 0 Å². The Bertz CT molecular complexity index is 944. The van der Waals surface area contributed by atoms with Crippen LogP contribution in [-0.2, 0) is 12.2 Å². The predicted octanol–water partition coefficient (Wildman–Crippen LogP) is 5.03. The van der Waals surface area contributed by atoms with Gasteiger partial charge in [0.25, 0.3) is 0 Å². The Hall–Kier alpha value is -1.95. The van der Waals surface area contributed by atoms with Crippen molar-refractivity contribution < 1.29 is 0 Å². The summed E-state index contributed by atoms with van der Waals surface area (Å²) in [7, 11) is 0. The normalized spacial score (nSPS) is 16.3. The van der Waals surface area contributed by atoms with Crippen LogP contribution in [0.2, 0.25) is 5.02 Å². The monoisotopic (exact) mass is 399 g/mol. The van der Waals surface area contributed by atoms with Crippen molar-refractivity contribution in [2.24, 2.45) is 0 Å². The van der Waals surface area contributed by atoms with Gasteiger partial charge in [0.15, 0.2) is 0 Å². The van der Waals surface area contributed by atoms with E-state index in [2.05, 4.69) is 22.4 Å². The molecule has 6 heteroatoms. The zero-order valence-corrected chi connectivity index (χ0v) is 16.6. The van der Waals surface area contributed by atoms with Crippen LogP contribution in [0.25, 0.3) is 11.4 Å². The second-order valence-corrected chi connectivity index (χ2v) is 8.27. The molecule has 4 nitrogen and oxygen atoms in total. The van der Waals surface area contributed by atoms with E-state index in [1.165, 1.54) is 36.2 Å². The van der Waals surface area contributed by atoms with Crippen LogP contribution < -0.4 is 10.2 Å². The fourth-order valence-corrected chi connectivity index (χ4v) is 4.79. The second-order valence-electron chi connectivity index (χ2n) is 7.01. The highest BCUT2D eigenvalue weighted by molar-refractivity contribution is 7.07. The quantitative estimate of drug-likeness (QED) is 0.654. The average Bonchev–Trinajstić information content (AvgIpc) is 3.09. The van der Waals surface area contributed by atoms with E-state index < -0.39 is 0 Å². The highest BCUT2D eigenvalue weighted by Crippen LogP contribution is 2.37. The van der Waals surface area contributed by atoms with E-state index in [-0.39, 0.29) is 10.4 Å². The van der Waals surface area contributed by atoms with E-state index in [4.69, 9.17) is 11.6 Å². The van der Waals surface area contributed by atoms with Gasteiger partial charge in [0.1, 0.15) is 0 Å². The standard InChI is InChI=1S/C21H22ClN3OS/c22-17-9-7-16(8-10-17)21(11-3-1-4-12-21)24-15-25-19(14-27-20(25)26)18-6-2-5-13-23-18/h2,5-10,13-14,24H,1,3-4,11-12,15H2. The number of nitrogens with zero attached hydrogens (tertiary/aromatic N) is 2. The number of nitrogens with one attached hydrogen (secondary N) is 1. The lowest BCUT2D eigenvalue weighted by atomic mass is 9.76. The molecule has 0 saturated heterocycles. The summed E-state index contributed by atoms with van der Waals surface area (Å²) in [5.74, 6) is 0. The number of aromatic nitrogens is 2. The molecule has 1 aliphatic carbocycles. The van der Waals surface area contributed by atoms with E-state index in [9.17, 15) is 4.79 Å². The van der Waals surface area contributed by atoms with E-state index in [1.54, 1.807) is 10.8 Å². The summed E-state index contributed by atoms with van der Waals surface area (Å²) in [6.07, 6.45) is 7.50. The fourth-order valence-electron chi connectivity index (χ4n) is 3.92. The van der Waals surface area contributed by atoms with Gasteiger partial charge in [0.05, 0.1) is 18.1 Å². The molecule has 1 saturated carbocycles. The van der Waals surface area contributed by atoms with E-state index in [0.29, 0.717) is 6.67 Å². The number of rotatable bonds is 5. The summed E-state index contributed by atoms with van der Waals surface area (Å²) in [5.41, 5.74) is 2.81. The van der Waals surface area contributed by atoms with Crippen molar-refractivity contribution in [3.63, 3.8) is 0 Å². The molecule has 1 N–H and O–H groups in total. The van der Waals surface area contributed by atoms with Crippen molar-refractivity contribution in [1.82, 2.24) is 14.9 Å². The first-order chi connectivity index (χ1) is 13.2. The first kappa shape index (κ1) is 18.4. The van der Waals surface area contributed by atoms with Crippen LogP contribution >= 0.6 is 22.9 Å². The Morgan fingerprint density at radius 3 is 2.59 bits per heavy atom. The number of pyridine rings is 1. The lowest BCUT2D eigenvalue weighted by Gasteiger charge is -2.39. The van der Waals surface area contributed by atoms with Crippen molar-refractivity contribution >= 4 is 22.9 Å². The Kier molecular flexibility index (Phi) is 5.43. The van der Waals surface area contributed by atoms with E-state index in [0.717, 1.165) is 29.3 Å². The van der Waals surface area contributed by atoms with Crippen molar-refractivity contribution in [1.29, 1.82) is 0 Å². The van der Waals surface area contributed by atoms with Gasteiger partial charge >= 0.3 is 4.87 Å². The third-order valence-electron chi connectivity index (χ3n) is 5.39. The average molecular weight is 400 g/mol. The summed E-state index contributed by atoms with van der Waals surface area (Å²) >= 11 is 7.31. The summed E-state index contributed by atoms with van der Waals surface area (Å²) in [6.45, 7) is 0.469. The molecule has 0 amide bonds. The van der Waals surface area contributed by atoms with E-state index in [1.807, 2.05) is 35.7 Å². The largest absolute Gasteiger partial charge is 0.308 e. The zero-order chi connectivity index (χ0) is 18.7. The molecular formula is C21H22ClN3OS. The van der Waals surface area contributed by atoms with Crippen LogP contribution in [0.4, 0.5) is 0 Å². The molecule has 1 aromatic carbocycles. The molecule has 1 fully saturated rings. The van der Waals surface area contributed by atoms with Crippen LogP contribution in [0, 0.1) is 0 Å². The van der Waals surface area contributed by atoms with Crippen LogP contribution in [0.5, 0.6) is 0 Å². The maximum Gasteiger partial charge on any atom is 0.308 e. The molecule has 0 unspecified atom stereocenters. The number of benzene rings is 1. The highest BCUT2D eigenvalue weighted by Gasteiger charge is 2.33. The molecule has 0 bridgehead atoms. The maximum absolute atomic E-state index is 12.5. The fraction of sp³-hybridized carbons (Fsp3) is 0.333. The zero-order valence-electron chi connectivity index (χ0n) is 15.0. The topological polar surface area (TPSA) is 46.9 Å². The van der Waals surface area contributed by atoms with Gasteiger partial charge in [0.2, 0.25) is 0 Å². The van der Waals surface area contributed by atoms with Gasteiger partial charge in [-0.15, -0.1) is 0 Å². The summed E-state index contributed by atoms with van der Waals surface area (Å²) < 4.78 is 1.79. The van der Waals surface area contributed by atoms with E-state index >= 15 is 0 Å². The summed E-state index contributed by atoms with van der Waals surface area (Å²) in [5, 5.41) is 6.36. The van der Waals surface area contributed by atoms with Crippen molar-refractivity contribution in [2.75, 3.05) is 0 Å². The minimum absolute atomic E-state index is 0.0326. The molecule has 0 radical (unpaired) electrons. The molecule has 1 aliphatic rings. The highest BCUT2D eigenvalue weighted by atomic mass is 35.5. The Balaban J connectivity index is 1.64. The third-order valence-corrected chi connectivity index (χ3v) is 6.40. The van der Waals surface area contributed by atoms with Gasteiger partial charge in [0, 0.05) is 22.1 Å². The molecule has 3 aromatic rings. The third kappa shape index (κ3) is 3.86. The van der Waals surface area contributed by atoms with Crippen molar-refractivity contribution in [2.45, 2.75) is 44.3 Å². The second kappa shape index (κ2) is 7.97. The minimum atomic E-state index is -0.119. The number of thiazole rings is 1. The minimum Gasteiger partial charge on any atom is -0.290 e. The Morgan fingerprint density at radius 1 is 1.11 bits per heavy atom. The van der Waals surface area contributed by atoms with Gasteiger partial charge in [-0.2, -0.15) is 0 Å². The van der Waals surface area contributed by atoms with Crippen LogP contribution in [0.15, 0.2) is 58.8 Å². The summed E-state index contributed by atoms with van der Waals surface area (Å²) in [4.78, 5) is 16.9. The van der Waals surface area contributed by atoms with Crippen LogP contribution in [0.3, 0.4) is 0 Å². The SMILES string of the molecule is O=c1scc(-c2ccccn2)n1CNC1(c2ccc(Cl)cc2)CCCCC1. The van der Waals surface area contributed by atoms with Gasteiger partial charge in [-0.05, 0) is 42.7 Å². The predicted molar refractivity (Wildman–Crippen MR) is 111 cm³/mol. The number of hydrogen-bond acceptors (Lipinski definition) is 4. The van der Waals surface area contributed by atoms with Crippen LogP contribution in [-0.4, -0.2) is 9.55 Å². The van der Waals surface area contributed by atoms with Gasteiger partial charge in [-0.1, -0.05) is 60.4 Å². The summed E-state index contributed by atoms with van der Waals surface area (Å²) in [6, 6.07) is 13.9. The van der Waals surface area contributed by atoms with Gasteiger partial charge in [-0.3, -0.25) is 19.7 Å². The van der Waals surface area contributed by atoms with Gasteiger partial charge in [-0.25, -0.2) is 0 Å². The Labute approximate surface area is 167 Å². The number of hydrogen-bond donors (Lipinski definition) is 1. The smallest absolute Gasteiger partial charge is 0.290 e. The van der Waals surface area contributed by atoms with Crippen LogP contribution in [0.1, 0.15) is 37.7 Å². The molecule has 0 spiro atoms. The molecule has 140 valence electrons. The lowest BCUT2D eigenvalue weighted by molar-refractivity contribution is 0.215. The molecule has 27 heavy (non-hydrogen) atoms. The molecule has 2 heterocycles. The Morgan fingerprint density at radius 2 is 1.89 bits per heavy atom. The molecule has 2 aromatic heterocycles. The molecule has 0 aliphatic heterocycles. The molecule has 4 rings (SSSR count). The molecular weight excluding hydrogens is 378 g/mol. The lowest BCUT2D eigenvalue weighted by Crippen LogP contribution is -2.45.